The van der Waals surface area contributed by atoms with E-state index >= 15 is 0 Å². The molecule has 1 nitrogen and oxygen atoms in total. The molecule has 112 valence electrons. The van der Waals surface area contributed by atoms with E-state index in [1.807, 2.05) is 24.3 Å². The molecule has 0 aromatic heterocycles. The molecule has 2 heteroatoms. The average molecular weight is 300 g/mol. The lowest BCUT2D eigenvalue weighted by molar-refractivity contribution is 0.220. The van der Waals surface area contributed by atoms with Gasteiger partial charge < -0.3 is 5.11 Å². The van der Waals surface area contributed by atoms with Crippen LogP contribution < -0.4 is 0 Å². The second-order valence-electron chi connectivity index (χ2n) is 6.04. The van der Waals surface area contributed by atoms with Gasteiger partial charge in [-0.05, 0) is 46.9 Å². The number of thioether (sulfide) groups is 1. The van der Waals surface area contributed by atoms with Crippen LogP contribution in [0, 0.1) is 0 Å². The van der Waals surface area contributed by atoms with Crippen molar-refractivity contribution in [3.05, 3.63) is 65.2 Å². The molecule has 0 aliphatic rings. The highest BCUT2D eigenvalue weighted by Crippen LogP contribution is 2.29. The zero-order chi connectivity index (χ0) is 15.5. The van der Waals surface area contributed by atoms with Gasteiger partial charge in [-0.3, -0.25) is 0 Å². The molecule has 2 rings (SSSR count). The quantitative estimate of drug-likeness (QED) is 0.768. The lowest BCUT2D eigenvalue weighted by Crippen LogP contribution is -2.15. The largest absolute Gasteiger partial charge is 0.384 e. The van der Waals surface area contributed by atoms with Crippen molar-refractivity contribution in [1.82, 2.24) is 0 Å². The van der Waals surface area contributed by atoms with Crippen LogP contribution in [-0.2, 0) is 5.41 Å². The molecule has 21 heavy (non-hydrogen) atoms. The maximum Gasteiger partial charge on any atom is 0.104 e. The van der Waals surface area contributed by atoms with Crippen LogP contribution in [0.1, 0.15) is 50.0 Å². The van der Waals surface area contributed by atoms with Crippen LogP contribution in [-0.4, -0.2) is 11.4 Å². The standard InChI is InChI=1S/C19H24OS/c1-5-19(2,3)16-10-6-14(7-11-16)18(20)15-8-12-17(21-4)13-9-15/h6-13,18,20H,5H2,1-4H3. The van der Waals surface area contributed by atoms with Crippen molar-refractivity contribution in [2.24, 2.45) is 0 Å². The fraction of sp³-hybridized carbons (Fsp3) is 0.368. The zero-order valence-corrected chi connectivity index (χ0v) is 14.1. The maximum absolute atomic E-state index is 10.5. The van der Waals surface area contributed by atoms with Crippen molar-refractivity contribution in [3.63, 3.8) is 0 Å². The molecule has 1 N–H and O–H groups in total. The summed E-state index contributed by atoms with van der Waals surface area (Å²) >= 11 is 1.71. The minimum Gasteiger partial charge on any atom is -0.384 e. The molecule has 0 fully saturated rings. The Morgan fingerprint density at radius 3 is 1.86 bits per heavy atom. The van der Waals surface area contributed by atoms with E-state index < -0.39 is 6.10 Å². The van der Waals surface area contributed by atoms with Crippen LogP contribution in [0.15, 0.2) is 53.4 Å². The Hall–Kier alpha value is -1.25. The van der Waals surface area contributed by atoms with Crippen molar-refractivity contribution in [3.8, 4) is 0 Å². The summed E-state index contributed by atoms with van der Waals surface area (Å²) in [6.07, 6.45) is 2.60. The van der Waals surface area contributed by atoms with Gasteiger partial charge in [0, 0.05) is 4.90 Å². The van der Waals surface area contributed by atoms with Crippen LogP contribution in [0.2, 0.25) is 0 Å². The van der Waals surface area contributed by atoms with Gasteiger partial charge in [-0.15, -0.1) is 11.8 Å². The van der Waals surface area contributed by atoms with E-state index in [1.165, 1.54) is 10.5 Å². The van der Waals surface area contributed by atoms with Crippen LogP contribution in [0.25, 0.3) is 0 Å². The van der Waals surface area contributed by atoms with E-state index in [-0.39, 0.29) is 5.41 Å². The van der Waals surface area contributed by atoms with E-state index in [4.69, 9.17) is 0 Å². The van der Waals surface area contributed by atoms with Crippen molar-refractivity contribution >= 4 is 11.8 Å². The first kappa shape index (κ1) is 16.1. The molecule has 0 heterocycles. The predicted octanol–water partition coefficient (Wildman–Crippen LogP) is 5.18. The summed E-state index contributed by atoms with van der Waals surface area (Å²) in [7, 11) is 0. The van der Waals surface area contributed by atoms with Gasteiger partial charge in [-0.2, -0.15) is 0 Å². The molecule has 0 saturated heterocycles. The minimum absolute atomic E-state index is 0.184. The molecule has 0 amide bonds. The van der Waals surface area contributed by atoms with E-state index in [1.54, 1.807) is 11.8 Å². The van der Waals surface area contributed by atoms with Gasteiger partial charge in [0.25, 0.3) is 0 Å². The van der Waals surface area contributed by atoms with Crippen molar-refractivity contribution in [1.29, 1.82) is 0 Å². The fourth-order valence-corrected chi connectivity index (χ4v) is 2.71. The van der Waals surface area contributed by atoms with Crippen molar-refractivity contribution < 1.29 is 5.11 Å². The Kier molecular flexibility index (Phi) is 5.13. The number of hydrogen-bond donors (Lipinski definition) is 1. The van der Waals surface area contributed by atoms with Crippen molar-refractivity contribution in [2.75, 3.05) is 6.26 Å². The summed E-state index contributed by atoms with van der Waals surface area (Å²) in [5.41, 5.74) is 3.39. The number of aliphatic hydroxyl groups excluding tert-OH is 1. The second-order valence-corrected chi connectivity index (χ2v) is 6.91. The van der Waals surface area contributed by atoms with E-state index in [2.05, 4.69) is 51.3 Å². The molecule has 0 saturated carbocycles. The predicted molar refractivity (Wildman–Crippen MR) is 92.0 cm³/mol. The van der Waals surface area contributed by atoms with Crippen molar-refractivity contribution in [2.45, 2.75) is 43.6 Å². The summed E-state index contributed by atoms with van der Waals surface area (Å²) in [5.74, 6) is 0. The molecular weight excluding hydrogens is 276 g/mol. The highest BCUT2D eigenvalue weighted by atomic mass is 32.2. The summed E-state index contributed by atoms with van der Waals surface area (Å²) in [4.78, 5) is 1.21. The monoisotopic (exact) mass is 300 g/mol. The highest BCUT2D eigenvalue weighted by molar-refractivity contribution is 7.98. The van der Waals surface area contributed by atoms with Crippen LogP contribution in [0.5, 0.6) is 0 Å². The number of benzene rings is 2. The van der Waals surface area contributed by atoms with Crippen LogP contribution in [0.4, 0.5) is 0 Å². The third kappa shape index (κ3) is 3.69. The minimum atomic E-state index is -0.556. The molecule has 1 atom stereocenters. The van der Waals surface area contributed by atoms with Gasteiger partial charge in [0.05, 0.1) is 0 Å². The second kappa shape index (κ2) is 6.67. The summed E-state index contributed by atoms with van der Waals surface area (Å²) < 4.78 is 0. The lowest BCUT2D eigenvalue weighted by Gasteiger charge is -2.24. The number of hydrogen-bond acceptors (Lipinski definition) is 2. The van der Waals surface area contributed by atoms with E-state index in [0.717, 1.165) is 17.5 Å². The van der Waals surface area contributed by atoms with Crippen LogP contribution >= 0.6 is 11.8 Å². The first-order valence-electron chi connectivity index (χ1n) is 7.40. The zero-order valence-electron chi connectivity index (χ0n) is 13.3. The summed E-state index contributed by atoms with van der Waals surface area (Å²) in [6.45, 7) is 6.70. The third-order valence-electron chi connectivity index (χ3n) is 4.32. The van der Waals surface area contributed by atoms with Gasteiger partial charge in [-0.25, -0.2) is 0 Å². The molecule has 0 bridgehead atoms. The van der Waals surface area contributed by atoms with Gasteiger partial charge >= 0.3 is 0 Å². The summed E-state index contributed by atoms with van der Waals surface area (Å²) in [5, 5.41) is 10.5. The highest BCUT2D eigenvalue weighted by Gasteiger charge is 2.18. The van der Waals surface area contributed by atoms with Gasteiger partial charge in [0.2, 0.25) is 0 Å². The molecule has 0 spiro atoms. The SMILES string of the molecule is CCC(C)(C)c1ccc(C(O)c2ccc(SC)cc2)cc1. The normalized spacial score (nSPS) is 13.2. The van der Waals surface area contributed by atoms with Gasteiger partial charge in [0.1, 0.15) is 6.10 Å². The third-order valence-corrected chi connectivity index (χ3v) is 5.07. The Labute approximate surface area is 132 Å². The Morgan fingerprint density at radius 1 is 0.952 bits per heavy atom. The smallest absolute Gasteiger partial charge is 0.104 e. The molecular formula is C19H24OS. The fourth-order valence-electron chi connectivity index (χ4n) is 2.30. The van der Waals surface area contributed by atoms with Gasteiger partial charge in [-0.1, -0.05) is 57.2 Å². The summed E-state index contributed by atoms with van der Waals surface area (Å²) in [6, 6.07) is 16.5. The number of aliphatic hydroxyl groups is 1. The maximum atomic E-state index is 10.5. The number of rotatable bonds is 5. The molecule has 0 aliphatic heterocycles. The Morgan fingerprint density at radius 2 is 1.43 bits per heavy atom. The van der Waals surface area contributed by atoms with E-state index in [0.29, 0.717) is 0 Å². The molecule has 0 radical (unpaired) electrons. The first-order chi connectivity index (χ1) is 9.97. The lowest BCUT2D eigenvalue weighted by atomic mass is 9.82. The molecule has 0 aliphatic carbocycles. The molecule has 1 unspecified atom stereocenters. The van der Waals surface area contributed by atoms with Crippen LogP contribution in [0.3, 0.4) is 0 Å². The molecule has 2 aromatic rings. The average Bonchev–Trinajstić information content (AvgIpc) is 2.54. The van der Waals surface area contributed by atoms with E-state index in [9.17, 15) is 5.11 Å². The first-order valence-corrected chi connectivity index (χ1v) is 8.63. The van der Waals surface area contributed by atoms with Gasteiger partial charge in [0.15, 0.2) is 0 Å². The Bertz CT molecular complexity index is 570. The molecule has 2 aromatic carbocycles. The Balaban J connectivity index is 2.21. The topological polar surface area (TPSA) is 20.2 Å².